The number of carbonyl (C=O) groups is 1. The molecule has 0 atom stereocenters. The van der Waals surface area contributed by atoms with Crippen LogP contribution in [0.2, 0.25) is 0 Å². The van der Waals surface area contributed by atoms with Gasteiger partial charge < -0.3 is 5.32 Å². The van der Waals surface area contributed by atoms with Crippen molar-refractivity contribution in [2.75, 3.05) is 18.4 Å². The number of hydrogen-bond donors (Lipinski definition) is 1. The molecule has 1 aliphatic rings. The van der Waals surface area contributed by atoms with Gasteiger partial charge >= 0.3 is 0 Å². The van der Waals surface area contributed by atoms with Crippen LogP contribution >= 0.6 is 11.3 Å². The number of anilines is 1. The van der Waals surface area contributed by atoms with E-state index in [-0.39, 0.29) is 5.91 Å². The Morgan fingerprint density at radius 1 is 1.21 bits per heavy atom. The Bertz CT molecular complexity index is 963. The lowest BCUT2D eigenvalue weighted by Gasteiger charge is -2.31. The summed E-state index contributed by atoms with van der Waals surface area (Å²) in [6.07, 6.45) is 3.94. The summed E-state index contributed by atoms with van der Waals surface area (Å²) in [6.45, 7) is 6.54. The zero-order chi connectivity index (χ0) is 20.2. The summed E-state index contributed by atoms with van der Waals surface area (Å²) in [5, 5.41) is 5.74. The van der Waals surface area contributed by atoms with Crippen LogP contribution in [0.3, 0.4) is 0 Å². The largest absolute Gasteiger partial charge is 0.326 e. The van der Waals surface area contributed by atoms with Crippen LogP contribution < -0.4 is 5.32 Å². The number of rotatable bonds is 5. The number of likely N-dealkylation sites (tertiary alicyclic amines) is 1. The van der Waals surface area contributed by atoms with Gasteiger partial charge in [0.05, 0.1) is 0 Å². The monoisotopic (exact) mass is 407 g/mol. The van der Waals surface area contributed by atoms with Crippen molar-refractivity contribution in [2.45, 2.75) is 39.2 Å². The lowest BCUT2D eigenvalue weighted by atomic mass is 9.95. The molecule has 0 unspecified atom stereocenters. The first kappa shape index (κ1) is 19.7. The molecule has 1 aromatic carbocycles. The first-order chi connectivity index (χ1) is 14.1. The molecule has 0 spiro atoms. The fourth-order valence-electron chi connectivity index (χ4n) is 3.74. The smallest absolute Gasteiger partial charge is 0.221 e. The fraction of sp³-hybridized carbons (Fsp3) is 0.364. The minimum absolute atomic E-state index is 0.0452. The number of piperidine rings is 1. The maximum absolute atomic E-state index is 11.1. The van der Waals surface area contributed by atoms with E-state index in [1.54, 1.807) is 11.3 Å². The number of thiazole rings is 1. The quantitative estimate of drug-likeness (QED) is 0.685. The molecule has 0 saturated carbocycles. The number of benzene rings is 1. The highest BCUT2D eigenvalue weighted by molar-refractivity contribution is 7.13. The molecule has 0 radical (unpaired) electrons. The number of nitrogens with one attached hydrogen (secondary N) is 1. The molecule has 1 fully saturated rings. The van der Waals surface area contributed by atoms with Gasteiger partial charge in [0.1, 0.15) is 16.5 Å². The van der Waals surface area contributed by atoms with E-state index in [0.29, 0.717) is 5.92 Å². The molecule has 3 heterocycles. The van der Waals surface area contributed by atoms with Crippen molar-refractivity contribution in [1.82, 2.24) is 19.9 Å². The maximum atomic E-state index is 11.1. The van der Waals surface area contributed by atoms with Crippen LogP contribution in [0, 0.1) is 6.92 Å². The van der Waals surface area contributed by atoms with Crippen molar-refractivity contribution in [3.63, 3.8) is 0 Å². The predicted octanol–water partition coefficient (Wildman–Crippen LogP) is 4.25. The molecule has 1 amide bonds. The van der Waals surface area contributed by atoms with Crippen LogP contribution in [0.25, 0.3) is 10.7 Å². The molecule has 4 rings (SSSR count). The first-order valence-electron chi connectivity index (χ1n) is 9.91. The van der Waals surface area contributed by atoms with Gasteiger partial charge in [-0.2, -0.15) is 0 Å². The minimum Gasteiger partial charge on any atom is -0.326 e. The molecule has 0 bridgehead atoms. The molecule has 2 aromatic heterocycles. The molecule has 1 N–H and O–H groups in total. The van der Waals surface area contributed by atoms with Crippen molar-refractivity contribution in [2.24, 2.45) is 0 Å². The van der Waals surface area contributed by atoms with Crippen molar-refractivity contribution >= 4 is 22.9 Å². The van der Waals surface area contributed by atoms with Gasteiger partial charge in [-0.3, -0.25) is 9.69 Å². The van der Waals surface area contributed by atoms with E-state index in [1.807, 2.05) is 36.7 Å². The summed E-state index contributed by atoms with van der Waals surface area (Å²) >= 11 is 1.61. The number of aryl methyl sites for hydroxylation is 1. The number of aromatic nitrogens is 3. The van der Waals surface area contributed by atoms with Gasteiger partial charge in [0.25, 0.3) is 0 Å². The Labute approximate surface area is 175 Å². The second kappa shape index (κ2) is 8.80. The van der Waals surface area contributed by atoms with Crippen LogP contribution in [0.5, 0.6) is 0 Å². The molecular formula is C22H25N5OS. The molecule has 150 valence electrons. The summed E-state index contributed by atoms with van der Waals surface area (Å²) in [5.41, 5.74) is 4.04. The predicted molar refractivity (Wildman–Crippen MR) is 116 cm³/mol. The van der Waals surface area contributed by atoms with Gasteiger partial charge in [-0.05, 0) is 56.6 Å². The Morgan fingerprint density at radius 3 is 2.62 bits per heavy atom. The summed E-state index contributed by atoms with van der Waals surface area (Å²) < 4.78 is 0. The lowest BCUT2D eigenvalue weighted by Crippen LogP contribution is -2.33. The zero-order valence-corrected chi connectivity index (χ0v) is 17.6. The van der Waals surface area contributed by atoms with Gasteiger partial charge in [-0.15, -0.1) is 11.3 Å². The summed E-state index contributed by atoms with van der Waals surface area (Å²) in [4.78, 5) is 27.6. The molecule has 3 aromatic rings. The van der Waals surface area contributed by atoms with E-state index in [9.17, 15) is 4.79 Å². The van der Waals surface area contributed by atoms with E-state index in [1.165, 1.54) is 12.5 Å². The third kappa shape index (κ3) is 5.05. The van der Waals surface area contributed by atoms with Crippen molar-refractivity contribution < 1.29 is 4.79 Å². The summed E-state index contributed by atoms with van der Waals surface area (Å²) in [6, 6.07) is 10.1. The fourth-order valence-corrected chi connectivity index (χ4v) is 4.34. The molecule has 7 heteroatoms. The Hall–Kier alpha value is -2.64. The second-order valence-electron chi connectivity index (χ2n) is 7.52. The zero-order valence-electron chi connectivity index (χ0n) is 16.8. The highest BCUT2D eigenvalue weighted by Gasteiger charge is 2.23. The molecule has 0 aliphatic carbocycles. The third-order valence-electron chi connectivity index (χ3n) is 5.16. The maximum Gasteiger partial charge on any atom is 0.221 e. The Morgan fingerprint density at radius 2 is 1.97 bits per heavy atom. The van der Waals surface area contributed by atoms with Crippen molar-refractivity contribution in [3.05, 3.63) is 59.0 Å². The van der Waals surface area contributed by atoms with Gasteiger partial charge in [0.2, 0.25) is 5.91 Å². The van der Waals surface area contributed by atoms with E-state index < -0.39 is 0 Å². The van der Waals surface area contributed by atoms with E-state index in [4.69, 9.17) is 9.97 Å². The van der Waals surface area contributed by atoms with Crippen LogP contribution in [-0.2, 0) is 11.3 Å². The SMILES string of the molecule is CC(=O)Nc1ccc(CN2CCC(c3nc(C)cc(-c4nccs4)n3)CC2)cc1. The van der Waals surface area contributed by atoms with Crippen LogP contribution in [0.1, 0.15) is 42.8 Å². The van der Waals surface area contributed by atoms with Crippen molar-refractivity contribution in [1.29, 1.82) is 0 Å². The van der Waals surface area contributed by atoms with Gasteiger partial charge in [-0.1, -0.05) is 12.1 Å². The van der Waals surface area contributed by atoms with Gasteiger partial charge in [0.15, 0.2) is 0 Å². The first-order valence-corrected chi connectivity index (χ1v) is 10.8. The summed E-state index contributed by atoms with van der Waals surface area (Å²) in [7, 11) is 0. The molecule has 6 nitrogen and oxygen atoms in total. The molecular weight excluding hydrogens is 382 g/mol. The molecule has 1 saturated heterocycles. The summed E-state index contributed by atoms with van der Waals surface area (Å²) in [5.74, 6) is 1.30. The molecule has 1 aliphatic heterocycles. The second-order valence-corrected chi connectivity index (χ2v) is 8.41. The standard InChI is InChI=1S/C22H25N5OS/c1-15-13-20(22-23-9-12-29-22)26-21(24-15)18-7-10-27(11-8-18)14-17-3-5-19(6-4-17)25-16(2)28/h3-6,9,12-13,18H,7-8,10-11,14H2,1-2H3,(H,25,28). The van der Waals surface area contributed by atoms with Crippen LogP contribution in [-0.4, -0.2) is 38.8 Å². The minimum atomic E-state index is -0.0452. The van der Waals surface area contributed by atoms with Crippen LogP contribution in [0.4, 0.5) is 5.69 Å². The van der Waals surface area contributed by atoms with Crippen LogP contribution in [0.15, 0.2) is 41.9 Å². The van der Waals surface area contributed by atoms with Gasteiger partial charge in [0, 0.05) is 42.3 Å². The highest BCUT2D eigenvalue weighted by Crippen LogP contribution is 2.29. The highest BCUT2D eigenvalue weighted by atomic mass is 32.1. The third-order valence-corrected chi connectivity index (χ3v) is 5.95. The number of hydrogen-bond acceptors (Lipinski definition) is 6. The average Bonchev–Trinajstić information content (AvgIpc) is 3.24. The van der Waals surface area contributed by atoms with E-state index >= 15 is 0 Å². The number of nitrogens with zero attached hydrogens (tertiary/aromatic N) is 4. The number of amides is 1. The Kier molecular flexibility index (Phi) is 5.97. The average molecular weight is 408 g/mol. The van der Waals surface area contributed by atoms with Crippen molar-refractivity contribution in [3.8, 4) is 10.7 Å². The molecule has 29 heavy (non-hydrogen) atoms. The van der Waals surface area contributed by atoms with E-state index in [2.05, 4.69) is 27.3 Å². The van der Waals surface area contributed by atoms with Gasteiger partial charge in [-0.25, -0.2) is 15.0 Å². The normalized spacial score (nSPS) is 15.4. The van der Waals surface area contributed by atoms with E-state index in [0.717, 1.165) is 60.4 Å². The topological polar surface area (TPSA) is 71.0 Å². The Balaban J connectivity index is 1.36. The number of carbonyl (C=O) groups excluding carboxylic acids is 1. The lowest BCUT2D eigenvalue weighted by molar-refractivity contribution is -0.114.